The quantitative estimate of drug-likeness (QED) is 0.595. The lowest BCUT2D eigenvalue weighted by atomic mass is 9.97. The predicted octanol–water partition coefficient (Wildman–Crippen LogP) is 3.34. The van der Waals surface area contributed by atoms with Gasteiger partial charge in [-0.2, -0.15) is 10.2 Å². The molecule has 4 rings (SSSR count). The molecule has 0 N–H and O–H groups in total. The molecule has 0 aliphatic carbocycles. The Hall–Kier alpha value is -3.31. The molecule has 8 nitrogen and oxygen atoms in total. The van der Waals surface area contributed by atoms with Crippen molar-refractivity contribution >= 4 is 16.9 Å². The van der Waals surface area contributed by atoms with Gasteiger partial charge in [0.05, 0.1) is 5.52 Å². The molecule has 3 aromatic heterocycles. The van der Waals surface area contributed by atoms with Crippen LogP contribution < -0.4 is 10.6 Å². The zero-order valence-corrected chi connectivity index (χ0v) is 20.0. The normalized spacial score (nSPS) is 20.1. The fourth-order valence-electron chi connectivity index (χ4n) is 4.81. The summed E-state index contributed by atoms with van der Waals surface area (Å²) in [4.78, 5) is 31.0. The molecule has 0 saturated carbocycles. The van der Waals surface area contributed by atoms with E-state index in [1.807, 2.05) is 13.1 Å². The monoisotopic (exact) mass is 445 g/mol. The summed E-state index contributed by atoms with van der Waals surface area (Å²) in [7, 11) is 1.69. The molecule has 0 bridgehead atoms. The molecule has 3 atom stereocenters. The number of nitrogens with zero attached hydrogens (tertiary/aromatic N) is 7. The van der Waals surface area contributed by atoms with Crippen molar-refractivity contribution in [1.29, 1.82) is 5.26 Å². The molecule has 1 aliphatic rings. The molecule has 0 aromatic carbocycles. The van der Waals surface area contributed by atoms with E-state index in [9.17, 15) is 10.1 Å². The maximum Gasteiger partial charge on any atom is 0.349 e. The van der Waals surface area contributed by atoms with Crippen molar-refractivity contribution in [2.24, 2.45) is 7.05 Å². The number of pyridine rings is 2. The minimum absolute atomic E-state index is 0.170. The third kappa shape index (κ3) is 4.21. The summed E-state index contributed by atoms with van der Waals surface area (Å²) in [5, 5.41) is 9.39. The molecule has 2 unspecified atom stereocenters. The van der Waals surface area contributed by atoms with Gasteiger partial charge in [0.2, 0.25) is 0 Å². The van der Waals surface area contributed by atoms with Crippen molar-refractivity contribution < 1.29 is 0 Å². The first-order valence-corrected chi connectivity index (χ1v) is 11.6. The Kier molecular flexibility index (Phi) is 6.43. The SMILES string of the molecule is CCC1CN(C(C)c2ccc(C)nc2)[C@H](CC)CN1c1nc(=O)n(C)c2ccc(C#N)nc12. The number of anilines is 1. The first-order valence-electron chi connectivity index (χ1n) is 11.6. The van der Waals surface area contributed by atoms with Crippen LogP contribution in [0.4, 0.5) is 5.82 Å². The maximum atomic E-state index is 12.7. The van der Waals surface area contributed by atoms with Crippen molar-refractivity contribution in [2.75, 3.05) is 18.0 Å². The van der Waals surface area contributed by atoms with Crippen LogP contribution in [0.3, 0.4) is 0 Å². The molecule has 33 heavy (non-hydrogen) atoms. The highest BCUT2D eigenvalue weighted by molar-refractivity contribution is 5.86. The van der Waals surface area contributed by atoms with Gasteiger partial charge >= 0.3 is 5.69 Å². The lowest BCUT2D eigenvalue weighted by molar-refractivity contribution is 0.101. The van der Waals surface area contributed by atoms with Crippen LogP contribution in [0, 0.1) is 18.3 Å². The van der Waals surface area contributed by atoms with Gasteiger partial charge in [0.1, 0.15) is 17.3 Å². The predicted molar refractivity (Wildman–Crippen MR) is 129 cm³/mol. The van der Waals surface area contributed by atoms with Crippen molar-refractivity contribution in [2.45, 2.75) is 58.7 Å². The number of piperazine rings is 1. The van der Waals surface area contributed by atoms with E-state index in [2.05, 4.69) is 63.7 Å². The second-order valence-electron chi connectivity index (χ2n) is 8.84. The van der Waals surface area contributed by atoms with Crippen LogP contribution in [0.1, 0.15) is 56.6 Å². The van der Waals surface area contributed by atoms with Gasteiger partial charge in [-0.1, -0.05) is 19.9 Å². The lowest BCUT2D eigenvalue weighted by Crippen LogP contribution is -2.59. The molecule has 4 heterocycles. The number of aromatic nitrogens is 4. The minimum atomic E-state index is -0.312. The standard InChI is InChI=1S/C25H31N7O/c1-6-20-15-32(21(7-2)14-31(20)17(4)18-9-8-16(3)27-13-18)24-23-22(30(5)25(33)29-24)11-10-19(12-26)28-23/h8-11,13,17,20-21H,6-7,14-15H2,1-5H3/t17?,20-,21?/m1/s1. The number of fused-ring (bicyclic) bond motifs is 1. The summed E-state index contributed by atoms with van der Waals surface area (Å²) in [6.07, 6.45) is 3.85. The van der Waals surface area contributed by atoms with Gasteiger partial charge in [-0.15, -0.1) is 0 Å². The van der Waals surface area contributed by atoms with E-state index in [-0.39, 0.29) is 23.8 Å². The Balaban J connectivity index is 1.75. The Morgan fingerprint density at radius 2 is 1.88 bits per heavy atom. The summed E-state index contributed by atoms with van der Waals surface area (Å²) in [6.45, 7) is 10.2. The molecule has 1 saturated heterocycles. The number of hydrogen-bond acceptors (Lipinski definition) is 7. The number of aryl methyl sites for hydroxylation is 2. The molecule has 0 spiro atoms. The van der Waals surface area contributed by atoms with E-state index >= 15 is 0 Å². The van der Waals surface area contributed by atoms with Gasteiger partial charge < -0.3 is 4.90 Å². The lowest BCUT2D eigenvalue weighted by Gasteiger charge is -2.49. The molecule has 0 amide bonds. The first kappa shape index (κ1) is 22.9. The van der Waals surface area contributed by atoms with Gasteiger partial charge in [-0.3, -0.25) is 14.5 Å². The summed E-state index contributed by atoms with van der Waals surface area (Å²) in [5.41, 5.74) is 3.53. The highest BCUT2D eigenvalue weighted by Crippen LogP contribution is 2.33. The second-order valence-corrected chi connectivity index (χ2v) is 8.84. The fourth-order valence-corrected chi connectivity index (χ4v) is 4.81. The van der Waals surface area contributed by atoms with E-state index in [1.54, 1.807) is 19.2 Å². The molecule has 3 aromatic rings. The van der Waals surface area contributed by atoms with Crippen LogP contribution in [-0.4, -0.2) is 49.6 Å². The smallest absolute Gasteiger partial charge is 0.349 e. The van der Waals surface area contributed by atoms with Crippen LogP contribution in [0.25, 0.3) is 11.0 Å². The topological polar surface area (TPSA) is 90.9 Å². The van der Waals surface area contributed by atoms with Crippen molar-refractivity contribution in [3.8, 4) is 6.07 Å². The Labute approximate surface area is 194 Å². The summed E-state index contributed by atoms with van der Waals surface area (Å²) in [6, 6.07) is 10.5. The maximum absolute atomic E-state index is 12.7. The zero-order chi connectivity index (χ0) is 23.7. The number of rotatable bonds is 5. The molecule has 0 radical (unpaired) electrons. The second kappa shape index (κ2) is 9.28. The van der Waals surface area contributed by atoms with Crippen LogP contribution in [0.5, 0.6) is 0 Å². The molecular weight excluding hydrogens is 414 g/mol. The van der Waals surface area contributed by atoms with Crippen LogP contribution in [0.15, 0.2) is 35.3 Å². The van der Waals surface area contributed by atoms with Crippen LogP contribution in [-0.2, 0) is 7.05 Å². The molecule has 1 aliphatic heterocycles. The molecule has 1 fully saturated rings. The molecule has 8 heteroatoms. The number of hydrogen-bond donors (Lipinski definition) is 0. The molecule has 172 valence electrons. The zero-order valence-electron chi connectivity index (χ0n) is 20.0. The molecular formula is C25H31N7O. The largest absolute Gasteiger partial charge is 0.349 e. The third-order valence-corrected chi connectivity index (χ3v) is 6.92. The summed E-state index contributed by atoms with van der Waals surface area (Å²) in [5.74, 6) is 0.583. The fraction of sp³-hybridized carbons (Fsp3) is 0.480. The Morgan fingerprint density at radius 1 is 1.12 bits per heavy atom. The van der Waals surface area contributed by atoms with Gasteiger partial charge in [0, 0.05) is 50.2 Å². The van der Waals surface area contributed by atoms with E-state index in [0.717, 1.165) is 31.6 Å². The Bertz CT molecular complexity index is 1240. The van der Waals surface area contributed by atoms with Gasteiger partial charge in [-0.05, 0) is 50.5 Å². The van der Waals surface area contributed by atoms with Gasteiger partial charge in [-0.25, -0.2) is 9.78 Å². The van der Waals surface area contributed by atoms with Crippen LogP contribution >= 0.6 is 0 Å². The van der Waals surface area contributed by atoms with Crippen LogP contribution in [0.2, 0.25) is 0 Å². The highest BCUT2D eigenvalue weighted by atomic mass is 16.1. The summed E-state index contributed by atoms with van der Waals surface area (Å²) >= 11 is 0. The van der Waals surface area contributed by atoms with Crippen molar-refractivity contribution in [3.05, 3.63) is 57.9 Å². The van der Waals surface area contributed by atoms with E-state index in [0.29, 0.717) is 22.5 Å². The summed E-state index contributed by atoms with van der Waals surface area (Å²) < 4.78 is 1.49. The van der Waals surface area contributed by atoms with Gasteiger partial charge in [0.25, 0.3) is 0 Å². The average Bonchev–Trinajstić information content (AvgIpc) is 2.85. The van der Waals surface area contributed by atoms with Gasteiger partial charge in [0.15, 0.2) is 5.82 Å². The number of nitriles is 1. The third-order valence-electron chi connectivity index (χ3n) is 6.92. The van der Waals surface area contributed by atoms with Crippen molar-refractivity contribution in [3.63, 3.8) is 0 Å². The van der Waals surface area contributed by atoms with E-state index in [1.165, 1.54) is 10.1 Å². The highest BCUT2D eigenvalue weighted by Gasteiger charge is 2.36. The van der Waals surface area contributed by atoms with Crippen molar-refractivity contribution in [1.82, 2.24) is 24.4 Å². The van der Waals surface area contributed by atoms with E-state index < -0.39 is 0 Å². The van der Waals surface area contributed by atoms with E-state index in [4.69, 9.17) is 0 Å². The average molecular weight is 446 g/mol. The first-order chi connectivity index (χ1) is 15.9. The Morgan fingerprint density at radius 3 is 2.52 bits per heavy atom. The minimum Gasteiger partial charge on any atom is -0.349 e.